The molecule has 1 aliphatic heterocycles. The molecule has 0 aliphatic carbocycles. The van der Waals surface area contributed by atoms with E-state index in [-0.39, 0.29) is 34.5 Å². The second-order valence-corrected chi connectivity index (χ2v) is 7.15. The molecule has 1 aromatic carbocycles. The van der Waals surface area contributed by atoms with Crippen LogP contribution in [0.1, 0.15) is 18.4 Å². The van der Waals surface area contributed by atoms with E-state index in [4.69, 9.17) is 22.6 Å². The van der Waals surface area contributed by atoms with E-state index in [2.05, 4.69) is 0 Å². The lowest BCUT2D eigenvalue weighted by atomic mass is 9.98. The first-order valence-electron chi connectivity index (χ1n) is 6.35. The van der Waals surface area contributed by atoms with Crippen molar-refractivity contribution in [3.8, 4) is 6.07 Å². The molecule has 0 unspecified atom stereocenters. The molecule has 21 heavy (non-hydrogen) atoms. The average Bonchev–Trinajstić information content (AvgIpc) is 2.47. The number of benzene rings is 1. The van der Waals surface area contributed by atoms with Gasteiger partial charge in [0.05, 0.1) is 16.7 Å². The largest absolute Gasteiger partial charge is 0.369 e. The number of halogens is 1. The summed E-state index contributed by atoms with van der Waals surface area (Å²) in [5.41, 5.74) is 5.46. The number of sulfonamides is 1. The van der Waals surface area contributed by atoms with Gasteiger partial charge >= 0.3 is 0 Å². The maximum atomic E-state index is 12.6. The Morgan fingerprint density at radius 2 is 2.00 bits per heavy atom. The Morgan fingerprint density at radius 3 is 2.52 bits per heavy atom. The molecule has 112 valence electrons. The zero-order valence-electron chi connectivity index (χ0n) is 11.1. The number of nitrogens with zero attached hydrogens (tertiary/aromatic N) is 2. The van der Waals surface area contributed by atoms with Gasteiger partial charge in [0.2, 0.25) is 15.9 Å². The molecule has 8 heteroatoms. The molecule has 0 aromatic heterocycles. The summed E-state index contributed by atoms with van der Waals surface area (Å²) in [5.74, 6) is -0.700. The minimum Gasteiger partial charge on any atom is -0.369 e. The summed E-state index contributed by atoms with van der Waals surface area (Å²) in [7, 11) is -3.78. The molecule has 2 rings (SSSR count). The Hall–Kier alpha value is -1.62. The van der Waals surface area contributed by atoms with E-state index >= 15 is 0 Å². The van der Waals surface area contributed by atoms with E-state index in [1.54, 1.807) is 0 Å². The molecule has 0 bridgehead atoms. The highest BCUT2D eigenvalue weighted by atomic mass is 35.5. The maximum Gasteiger partial charge on any atom is 0.244 e. The highest BCUT2D eigenvalue weighted by Gasteiger charge is 2.32. The Labute approximate surface area is 128 Å². The van der Waals surface area contributed by atoms with Crippen LogP contribution in [0.15, 0.2) is 23.1 Å². The lowest BCUT2D eigenvalue weighted by Gasteiger charge is -2.29. The topological polar surface area (TPSA) is 104 Å². The van der Waals surface area contributed by atoms with Crippen LogP contribution in [0.5, 0.6) is 0 Å². The highest BCUT2D eigenvalue weighted by Crippen LogP contribution is 2.28. The summed E-state index contributed by atoms with van der Waals surface area (Å²) in [6, 6.07) is 6.00. The van der Waals surface area contributed by atoms with E-state index in [1.807, 2.05) is 6.07 Å². The van der Waals surface area contributed by atoms with Crippen LogP contribution in [0.25, 0.3) is 0 Å². The lowest BCUT2D eigenvalue weighted by Crippen LogP contribution is -2.41. The minimum absolute atomic E-state index is 0.0750. The van der Waals surface area contributed by atoms with E-state index in [1.165, 1.54) is 22.5 Å². The highest BCUT2D eigenvalue weighted by molar-refractivity contribution is 7.89. The van der Waals surface area contributed by atoms with Crippen LogP contribution < -0.4 is 5.73 Å². The molecule has 0 saturated carbocycles. The first-order chi connectivity index (χ1) is 9.86. The summed E-state index contributed by atoms with van der Waals surface area (Å²) in [5, 5.41) is 8.95. The van der Waals surface area contributed by atoms with E-state index in [0.29, 0.717) is 12.8 Å². The van der Waals surface area contributed by atoms with E-state index < -0.39 is 15.9 Å². The van der Waals surface area contributed by atoms with Gasteiger partial charge in [0.25, 0.3) is 0 Å². The van der Waals surface area contributed by atoms with Gasteiger partial charge in [-0.1, -0.05) is 11.6 Å². The fraction of sp³-hybridized carbons (Fsp3) is 0.385. The van der Waals surface area contributed by atoms with Gasteiger partial charge in [-0.3, -0.25) is 4.79 Å². The molecular formula is C13H14ClN3O3S. The van der Waals surface area contributed by atoms with Crippen molar-refractivity contribution in [1.29, 1.82) is 5.26 Å². The number of rotatable bonds is 3. The summed E-state index contributed by atoms with van der Waals surface area (Å²) >= 11 is 5.95. The van der Waals surface area contributed by atoms with Gasteiger partial charge in [-0.15, -0.1) is 0 Å². The second-order valence-electron chi connectivity index (χ2n) is 4.84. The van der Waals surface area contributed by atoms with Crippen molar-refractivity contribution in [2.24, 2.45) is 11.7 Å². The number of nitrogens with two attached hydrogens (primary N) is 1. The summed E-state index contributed by atoms with van der Waals surface area (Å²) in [6.45, 7) is 0.423. The third-order valence-electron chi connectivity index (χ3n) is 3.53. The molecule has 1 aromatic rings. The van der Waals surface area contributed by atoms with Crippen LogP contribution in [-0.4, -0.2) is 31.7 Å². The van der Waals surface area contributed by atoms with Crippen LogP contribution in [0, 0.1) is 17.2 Å². The SMILES string of the molecule is N#Cc1ccc(Cl)c(S(=O)(=O)N2CCC(C(N)=O)CC2)c1. The van der Waals surface area contributed by atoms with Gasteiger partial charge in [-0.05, 0) is 31.0 Å². The van der Waals surface area contributed by atoms with Crippen LogP contribution in [0.4, 0.5) is 0 Å². The zero-order valence-corrected chi connectivity index (χ0v) is 12.7. The number of hydrogen-bond acceptors (Lipinski definition) is 4. The summed E-state index contributed by atoms with van der Waals surface area (Å²) in [6.07, 6.45) is 0.786. The molecule has 1 saturated heterocycles. The van der Waals surface area contributed by atoms with Gasteiger partial charge in [0.15, 0.2) is 0 Å². The van der Waals surface area contributed by atoms with Crippen LogP contribution in [-0.2, 0) is 14.8 Å². The molecule has 1 fully saturated rings. The third-order valence-corrected chi connectivity index (χ3v) is 5.91. The molecule has 0 radical (unpaired) electrons. The van der Waals surface area contributed by atoms with E-state index in [9.17, 15) is 13.2 Å². The standard InChI is InChI=1S/C13H14ClN3O3S/c14-11-2-1-9(8-15)7-12(11)21(19,20)17-5-3-10(4-6-17)13(16)18/h1-2,7,10H,3-6H2,(H2,16,18). The van der Waals surface area contributed by atoms with Crippen LogP contribution in [0.3, 0.4) is 0 Å². The molecular weight excluding hydrogens is 314 g/mol. The number of carbonyl (C=O) groups excluding carboxylic acids is 1. The smallest absolute Gasteiger partial charge is 0.244 e. The number of nitriles is 1. The van der Waals surface area contributed by atoms with Gasteiger partial charge in [-0.25, -0.2) is 8.42 Å². The molecule has 1 heterocycles. The third kappa shape index (κ3) is 3.18. The molecule has 1 amide bonds. The van der Waals surface area contributed by atoms with E-state index in [0.717, 1.165) is 0 Å². The van der Waals surface area contributed by atoms with Gasteiger partial charge in [0, 0.05) is 19.0 Å². The van der Waals surface area contributed by atoms with Crippen LogP contribution in [0.2, 0.25) is 5.02 Å². The number of carbonyl (C=O) groups is 1. The predicted octanol–water partition coefficient (Wildman–Crippen LogP) is 1.10. The number of amides is 1. The van der Waals surface area contributed by atoms with Crippen LogP contribution >= 0.6 is 11.6 Å². The van der Waals surface area contributed by atoms with Gasteiger partial charge < -0.3 is 5.73 Å². The number of hydrogen-bond donors (Lipinski definition) is 1. The molecule has 0 spiro atoms. The molecule has 1 aliphatic rings. The van der Waals surface area contributed by atoms with Crippen molar-refractivity contribution in [3.05, 3.63) is 28.8 Å². The fourth-order valence-corrected chi connectivity index (χ4v) is 4.26. The molecule has 6 nitrogen and oxygen atoms in total. The first kappa shape index (κ1) is 15.8. The Kier molecular flexibility index (Phi) is 4.52. The number of primary amides is 1. The van der Waals surface area contributed by atoms with Crippen molar-refractivity contribution in [3.63, 3.8) is 0 Å². The minimum atomic E-state index is -3.78. The van der Waals surface area contributed by atoms with Gasteiger partial charge in [0.1, 0.15) is 4.90 Å². The first-order valence-corrected chi connectivity index (χ1v) is 8.17. The summed E-state index contributed by atoms with van der Waals surface area (Å²) in [4.78, 5) is 11.0. The van der Waals surface area contributed by atoms with Crippen molar-refractivity contribution >= 4 is 27.5 Å². The lowest BCUT2D eigenvalue weighted by molar-refractivity contribution is -0.122. The average molecular weight is 328 g/mol. The Morgan fingerprint density at radius 1 is 1.38 bits per heavy atom. The Bertz CT molecular complexity index is 704. The normalized spacial score (nSPS) is 17.3. The monoisotopic (exact) mass is 327 g/mol. The van der Waals surface area contributed by atoms with Crippen molar-refractivity contribution < 1.29 is 13.2 Å². The predicted molar refractivity (Wildman–Crippen MR) is 76.8 cm³/mol. The maximum absolute atomic E-state index is 12.6. The Balaban J connectivity index is 2.28. The number of piperidine rings is 1. The quantitative estimate of drug-likeness (QED) is 0.897. The molecule has 2 N–H and O–H groups in total. The van der Waals surface area contributed by atoms with Gasteiger partial charge in [-0.2, -0.15) is 9.57 Å². The zero-order chi connectivity index (χ0) is 15.6. The second kappa shape index (κ2) is 6.02. The molecule has 0 atom stereocenters. The van der Waals surface area contributed by atoms with Crippen molar-refractivity contribution in [2.45, 2.75) is 17.7 Å². The van der Waals surface area contributed by atoms with Crippen molar-refractivity contribution in [1.82, 2.24) is 4.31 Å². The summed E-state index contributed by atoms with van der Waals surface area (Å²) < 4.78 is 26.4. The fourth-order valence-electron chi connectivity index (χ4n) is 2.29. The van der Waals surface area contributed by atoms with Crippen molar-refractivity contribution in [2.75, 3.05) is 13.1 Å².